The second-order valence-corrected chi connectivity index (χ2v) is 7.90. The highest BCUT2D eigenvalue weighted by molar-refractivity contribution is 7.91. The first kappa shape index (κ1) is 11.4. The van der Waals surface area contributed by atoms with Gasteiger partial charge in [0.1, 0.15) is 0 Å². The third kappa shape index (κ3) is 1.68. The summed E-state index contributed by atoms with van der Waals surface area (Å²) in [6.07, 6.45) is 3.08. The molecule has 2 unspecified atom stereocenters. The highest BCUT2D eigenvalue weighted by Crippen LogP contribution is 2.41. The number of aromatic nitrogens is 1. The first-order valence-corrected chi connectivity index (χ1v) is 7.95. The minimum atomic E-state index is -3.46. The summed E-state index contributed by atoms with van der Waals surface area (Å²) < 4.78 is 26.7. The van der Waals surface area contributed by atoms with Crippen molar-refractivity contribution in [1.29, 1.82) is 0 Å². The zero-order valence-electron chi connectivity index (χ0n) is 9.47. The van der Waals surface area contributed by atoms with Crippen molar-refractivity contribution < 1.29 is 8.42 Å². The number of hydrogen-bond donors (Lipinski definition) is 1. The van der Waals surface area contributed by atoms with Crippen LogP contribution in [0.15, 0.2) is 9.00 Å². The summed E-state index contributed by atoms with van der Waals surface area (Å²) >= 11 is 0.795. The average Bonchev–Trinajstić information content (AvgIpc) is 2.92. The molecule has 0 aromatic carbocycles. The summed E-state index contributed by atoms with van der Waals surface area (Å²) in [5, 5.41) is 0. The molecule has 2 bridgehead atoms. The van der Waals surface area contributed by atoms with Gasteiger partial charge in [0.25, 0.3) is 10.0 Å². The minimum absolute atomic E-state index is 0.154. The van der Waals surface area contributed by atoms with Crippen LogP contribution in [0.3, 0.4) is 0 Å². The molecule has 5 nitrogen and oxygen atoms in total. The first-order valence-electron chi connectivity index (χ1n) is 5.70. The SMILES string of the molecule is Cc1[nH]c(=O)sc1S(=O)(=O)N1CC2CCC1C2. The summed E-state index contributed by atoms with van der Waals surface area (Å²) in [5.41, 5.74) is 0.461. The van der Waals surface area contributed by atoms with E-state index in [4.69, 9.17) is 0 Å². The molecule has 3 rings (SSSR count). The molecule has 1 aromatic heterocycles. The van der Waals surface area contributed by atoms with Crippen molar-refractivity contribution >= 4 is 21.4 Å². The van der Waals surface area contributed by atoms with Gasteiger partial charge in [-0.15, -0.1) is 0 Å². The summed E-state index contributed by atoms with van der Waals surface area (Å²) in [6, 6.07) is 0.154. The van der Waals surface area contributed by atoms with Gasteiger partial charge in [0, 0.05) is 18.3 Å². The van der Waals surface area contributed by atoms with Gasteiger partial charge in [0.15, 0.2) is 4.21 Å². The van der Waals surface area contributed by atoms with Crippen molar-refractivity contribution in [2.75, 3.05) is 6.54 Å². The Bertz CT molecular complexity index is 601. The van der Waals surface area contributed by atoms with E-state index in [1.807, 2.05) is 0 Å². The third-order valence-electron chi connectivity index (χ3n) is 3.68. The van der Waals surface area contributed by atoms with E-state index in [-0.39, 0.29) is 15.1 Å². The minimum Gasteiger partial charge on any atom is -0.315 e. The average molecular weight is 274 g/mol. The Morgan fingerprint density at radius 2 is 2.18 bits per heavy atom. The largest absolute Gasteiger partial charge is 0.315 e. The fourth-order valence-corrected chi connectivity index (χ4v) is 6.07. The van der Waals surface area contributed by atoms with Crippen molar-refractivity contribution in [3.63, 3.8) is 0 Å². The number of rotatable bonds is 2. The van der Waals surface area contributed by atoms with E-state index in [1.165, 1.54) is 0 Å². The van der Waals surface area contributed by atoms with E-state index in [2.05, 4.69) is 4.98 Å². The molecule has 0 spiro atoms. The van der Waals surface area contributed by atoms with E-state index in [0.717, 1.165) is 30.6 Å². The van der Waals surface area contributed by atoms with Crippen LogP contribution in [0.2, 0.25) is 0 Å². The number of sulfonamides is 1. The molecule has 1 saturated heterocycles. The maximum Gasteiger partial charge on any atom is 0.305 e. The van der Waals surface area contributed by atoms with Crippen LogP contribution < -0.4 is 4.87 Å². The molecule has 94 valence electrons. The quantitative estimate of drug-likeness (QED) is 0.871. The zero-order valence-corrected chi connectivity index (χ0v) is 11.1. The van der Waals surface area contributed by atoms with Gasteiger partial charge in [-0.2, -0.15) is 4.31 Å². The van der Waals surface area contributed by atoms with Gasteiger partial charge >= 0.3 is 4.87 Å². The molecule has 1 aliphatic heterocycles. The number of aromatic amines is 1. The van der Waals surface area contributed by atoms with Crippen molar-refractivity contribution in [2.24, 2.45) is 5.92 Å². The molecule has 0 amide bonds. The van der Waals surface area contributed by atoms with Gasteiger partial charge in [0.2, 0.25) is 0 Å². The molecule has 2 heterocycles. The van der Waals surface area contributed by atoms with E-state index < -0.39 is 10.0 Å². The lowest BCUT2D eigenvalue weighted by Crippen LogP contribution is -2.37. The van der Waals surface area contributed by atoms with Crippen LogP contribution in [0.25, 0.3) is 0 Å². The second kappa shape index (κ2) is 3.66. The lowest BCUT2D eigenvalue weighted by molar-refractivity contribution is 0.334. The standard InChI is InChI=1S/C10H14N2O3S2/c1-6-9(16-10(13)11-6)17(14,15)12-5-7-2-3-8(12)4-7/h7-8H,2-5H2,1H3,(H,11,13). The van der Waals surface area contributed by atoms with Gasteiger partial charge in [-0.25, -0.2) is 8.42 Å². The Balaban J connectivity index is 2.02. The molecule has 17 heavy (non-hydrogen) atoms. The number of piperidine rings is 1. The maximum atomic E-state index is 12.4. The number of hydrogen-bond acceptors (Lipinski definition) is 4. The maximum absolute atomic E-state index is 12.4. The number of H-pyrrole nitrogens is 1. The van der Waals surface area contributed by atoms with E-state index in [1.54, 1.807) is 11.2 Å². The molecule has 0 radical (unpaired) electrons. The Morgan fingerprint density at radius 1 is 1.41 bits per heavy atom. The van der Waals surface area contributed by atoms with Gasteiger partial charge in [-0.05, 0) is 32.1 Å². The molecule has 7 heteroatoms. The molecule has 1 saturated carbocycles. The van der Waals surface area contributed by atoms with Crippen molar-refractivity contribution in [1.82, 2.24) is 9.29 Å². The van der Waals surface area contributed by atoms with Crippen LogP contribution in [0.5, 0.6) is 0 Å². The molecule has 1 N–H and O–H groups in total. The topological polar surface area (TPSA) is 70.2 Å². The predicted octanol–water partition coefficient (Wildman–Crippen LogP) is 0.918. The molecular formula is C10H14N2O3S2. The van der Waals surface area contributed by atoms with Crippen molar-refractivity contribution in [2.45, 2.75) is 36.4 Å². The summed E-state index contributed by atoms with van der Waals surface area (Å²) in [6.45, 7) is 2.26. The number of nitrogens with zero attached hydrogens (tertiary/aromatic N) is 1. The van der Waals surface area contributed by atoms with Gasteiger partial charge in [-0.1, -0.05) is 11.3 Å². The van der Waals surface area contributed by atoms with Crippen LogP contribution >= 0.6 is 11.3 Å². The highest BCUT2D eigenvalue weighted by atomic mass is 32.2. The highest BCUT2D eigenvalue weighted by Gasteiger charge is 2.45. The lowest BCUT2D eigenvalue weighted by Gasteiger charge is -2.25. The van der Waals surface area contributed by atoms with Gasteiger partial charge < -0.3 is 4.98 Å². The van der Waals surface area contributed by atoms with E-state index in [9.17, 15) is 13.2 Å². The molecule has 1 aromatic rings. The number of aryl methyl sites for hydroxylation is 1. The molecule has 2 aliphatic rings. The Morgan fingerprint density at radius 3 is 2.65 bits per heavy atom. The molecule has 2 fully saturated rings. The lowest BCUT2D eigenvalue weighted by atomic mass is 10.1. The number of thiazole rings is 1. The molecule has 1 aliphatic carbocycles. The monoisotopic (exact) mass is 274 g/mol. The second-order valence-electron chi connectivity index (χ2n) is 4.83. The fraction of sp³-hybridized carbons (Fsp3) is 0.700. The molecule has 2 atom stereocenters. The van der Waals surface area contributed by atoms with Gasteiger partial charge in [-0.3, -0.25) is 4.79 Å². The van der Waals surface area contributed by atoms with Crippen molar-refractivity contribution in [3.8, 4) is 0 Å². The van der Waals surface area contributed by atoms with Crippen molar-refractivity contribution in [3.05, 3.63) is 15.4 Å². The van der Waals surface area contributed by atoms with E-state index >= 15 is 0 Å². The summed E-state index contributed by atoms with van der Waals surface area (Å²) in [5.74, 6) is 0.519. The Hall–Kier alpha value is -0.660. The van der Waals surface area contributed by atoms with Crippen LogP contribution in [-0.2, 0) is 10.0 Å². The smallest absolute Gasteiger partial charge is 0.305 e. The fourth-order valence-electron chi connectivity index (χ4n) is 2.92. The molecular weight excluding hydrogens is 260 g/mol. The third-order valence-corrected chi connectivity index (χ3v) is 7.18. The first-order chi connectivity index (χ1) is 7.98. The number of fused-ring (bicyclic) bond motifs is 2. The Labute approximate surface area is 104 Å². The Kier molecular flexibility index (Phi) is 2.46. The van der Waals surface area contributed by atoms with Crippen LogP contribution in [-0.4, -0.2) is 30.3 Å². The zero-order chi connectivity index (χ0) is 12.2. The van der Waals surface area contributed by atoms with Crippen LogP contribution in [0, 0.1) is 12.8 Å². The summed E-state index contributed by atoms with van der Waals surface area (Å²) in [4.78, 5) is 13.5. The van der Waals surface area contributed by atoms with Gasteiger partial charge in [0.05, 0.1) is 0 Å². The van der Waals surface area contributed by atoms with Crippen LogP contribution in [0.4, 0.5) is 0 Å². The summed E-state index contributed by atoms with van der Waals surface area (Å²) in [7, 11) is -3.46. The normalized spacial score (nSPS) is 29.0. The van der Waals surface area contributed by atoms with E-state index in [0.29, 0.717) is 18.2 Å². The van der Waals surface area contributed by atoms with Crippen LogP contribution in [0.1, 0.15) is 25.0 Å². The predicted molar refractivity (Wildman–Crippen MR) is 64.7 cm³/mol. The number of nitrogens with one attached hydrogen (secondary N) is 1.